The quantitative estimate of drug-likeness (QED) is 0.0609. The van der Waals surface area contributed by atoms with Gasteiger partial charge >= 0.3 is 35.3 Å². The number of hydrogen-bond acceptors (Lipinski definition) is 12. The molecule has 0 unspecified atom stereocenters. The third kappa shape index (κ3) is 13.4. The number of ether oxygens (including phenoxy) is 6. The van der Waals surface area contributed by atoms with Gasteiger partial charge in [-0.15, -0.1) is 0 Å². The van der Waals surface area contributed by atoms with Crippen molar-refractivity contribution in [1.82, 2.24) is 13.7 Å². The summed E-state index contributed by atoms with van der Waals surface area (Å²) in [5.74, 6) is 0. The van der Waals surface area contributed by atoms with Gasteiger partial charge in [0.05, 0.1) is 38.4 Å². The first kappa shape index (κ1) is 42.2. The summed E-state index contributed by atoms with van der Waals surface area (Å²) in [5, 5.41) is 7.71. The number of carbonyl (C=O) groups excluding carboxylic acids is 3. The molecule has 0 aliphatic heterocycles. The summed E-state index contributed by atoms with van der Waals surface area (Å²) in [4.78, 5) is 77.9. The van der Waals surface area contributed by atoms with Crippen molar-refractivity contribution in [1.29, 1.82) is 0 Å². The first-order chi connectivity index (χ1) is 27.6. The van der Waals surface area contributed by atoms with Crippen LogP contribution in [0.3, 0.4) is 0 Å². The standard InChI is InChI=1S/C39H42N6O12/c1-4-52-19-22-55-34(46)40-31-13-7-28(8-14-31)25-43-37(49)44(26-29-9-15-32(16-10-29)41-35(47)56-23-20-53-5-2)39(51)45(38(43)50)27-30-11-17-33(18-12-30)42-36(48)57-24-21-54-6-3/h4-18H,1-3,19-27H2,(H,40,46)(H,41,47)(H,42,48). The highest BCUT2D eigenvalue weighted by Crippen LogP contribution is 2.13. The Hall–Kier alpha value is -7.50. The predicted molar refractivity (Wildman–Crippen MR) is 209 cm³/mol. The number of hydrogen-bond donors (Lipinski definition) is 3. The third-order valence-corrected chi connectivity index (χ3v) is 7.67. The van der Waals surface area contributed by atoms with E-state index in [2.05, 4.69) is 35.7 Å². The number of benzene rings is 3. The van der Waals surface area contributed by atoms with E-state index in [4.69, 9.17) is 28.4 Å². The van der Waals surface area contributed by atoms with Crippen LogP contribution in [0.25, 0.3) is 0 Å². The highest BCUT2D eigenvalue weighted by Gasteiger charge is 2.18. The van der Waals surface area contributed by atoms with Gasteiger partial charge in [0.25, 0.3) is 0 Å². The van der Waals surface area contributed by atoms with E-state index >= 15 is 0 Å². The summed E-state index contributed by atoms with van der Waals surface area (Å²) in [6, 6.07) is 19.0. The minimum Gasteiger partial charge on any atom is -0.498 e. The largest absolute Gasteiger partial charge is 0.498 e. The van der Waals surface area contributed by atoms with Crippen LogP contribution in [0.1, 0.15) is 16.7 Å². The molecule has 3 amide bonds. The lowest BCUT2D eigenvalue weighted by molar-refractivity contribution is 0.123. The molecule has 0 saturated heterocycles. The molecule has 4 rings (SSSR count). The lowest BCUT2D eigenvalue weighted by Crippen LogP contribution is -2.54. The molecule has 1 heterocycles. The fourth-order valence-corrected chi connectivity index (χ4v) is 4.98. The maximum Gasteiger partial charge on any atom is 0.411 e. The lowest BCUT2D eigenvalue weighted by atomic mass is 10.2. The number of aromatic nitrogens is 3. The summed E-state index contributed by atoms with van der Waals surface area (Å²) in [6.45, 7) is 10.0. The summed E-state index contributed by atoms with van der Waals surface area (Å²) in [6.07, 6.45) is 1.56. The SMILES string of the molecule is C=COCCOC(=O)Nc1ccc(Cn2c(=O)n(Cc3ccc(NC(=O)OCCOC=C)cc3)c(=O)n(Cc3ccc(NC(=O)OCCOC=C)cc3)c2=O)cc1. The van der Waals surface area contributed by atoms with Gasteiger partial charge in [-0.05, 0) is 53.1 Å². The van der Waals surface area contributed by atoms with E-state index in [-0.39, 0.29) is 59.3 Å². The first-order valence-corrected chi connectivity index (χ1v) is 17.3. The van der Waals surface area contributed by atoms with Gasteiger partial charge in [-0.25, -0.2) is 42.5 Å². The summed E-state index contributed by atoms with van der Waals surface area (Å²) >= 11 is 0. The second kappa shape index (κ2) is 22.0. The maximum atomic E-state index is 13.9. The molecule has 0 saturated carbocycles. The first-order valence-electron chi connectivity index (χ1n) is 17.3. The van der Waals surface area contributed by atoms with Crippen LogP contribution in [0.15, 0.2) is 126 Å². The minimum absolute atomic E-state index is 0.00592. The van der Waals surface area contributed by atoms with Gasteiger partial charge in [0.2, 0.25) is 0 Å². The van der Waals surface area contributed by atoms with Crippen molar-refractivity contribution in [3.8, 4) is 0 Å². The number of amides is 3. The number of carbonyl (C=O) groups is 3. The van der Waals surface area contributed by atoms with Crippen LogP contribution in [-0.4, -0.2) is 71.6 Å². The summed E-state index contributed by atoms with van der Waals surface area (Å²) in [7, 11) is 0. The van der Waals surface area contributed by atoms with E-state index in [0.717, 1.165) is 13.7 Å². The smallest absolute Gasteiger partial charge is 0.411 e. The topological polar surface area (TPSA) is 209 Å². The van der Waals surface area contributed by atoms with Crippen LogP contribution in [0.2, 0.25) is 0 Å². The van der Waals surface area contributed by atoms with Crippen molar-refractivity contribution in [2.24, 2.45) is 0 Å². The number of nitrogens with one attached hydrogen (secondary N) is 3. The molecule has 57 heavy (non-hydrogen) atoms. The molecule has 0 fully saturated rings. The van der Waals surface area contributed by atoms with E-state index in [1.165, 1.54) is 18.8 Å². The van der Waals surface area contributed by atoms with Gasteiger partial charge in [0.1, 0.15) is 39.6 Å². The fourth-order valence-electron chi connectivity index (χ4n) is 4.98. The molecule has 300 valence electrons. The number of rotatable bonds is 21. The fraction of sp³-hybridized carbons (Fsp3) is 0.231. The monoisotopic (exact) mass is 786 g/mol. The number of nitrogens with zero attached hydrogens (tertiary/aromatic N) is 3. The molecule has 4 aromatic rings. The molecule has 18 heteroatoms. The van der Waals surface area contributed by atoms with Crippen LogP contribution in [0.5, 0.6) is 0 Å². The van der Waals surface area contributed by atoms with Crippen LogP contribution < -0.4 is 33.0 Å². The molecule has 1 aromatic heterocycles. The van der Waals surface area contributed by atoms with Crippen molar-refractivity contribution in [2.45, 2.75) is 19.6 Å². The Bertz CT molecular complexity index is 1900. The second-order valence-corrected chi connectivity index (χ2v) is 11.6. The zero-order valence-electron chi connectivity index (χ0n) is 30.9. The van der Waals surface area contributed by atoms with E-state index in [1.807, 2.05) is 0 Å². The summed E-state index contributed by atoms with van der Waals surface area (Å²) < 4.78 is 32.6. The average Bonchev–Trinajstić information content (AvgIpc) is 3.20. The molecular weight excluding hydrogens is 744 g/mol. The zero-order chi connectivity index (χ0) is 41.0. The Balaban J connectivity index is 1.57. The van der Waals surface area contributed by atoms with Crippen molar-refractivity contribution >= 4 is 35.3 Å². The van der Waals surface area contributed by atoms with Gasteiger partial charge in [0, 0.05) is 17.1 Å². The van der Waals surface area contributed by atoms with Gasteiger partial charge in [-0.1, -0.05) is 56.1 Å². The zero-order valence-corrected chi connectivity index (χ0v) is 30.9. The molecule has 18 nitrogen and oxygen atoms in total. The van der Waals surface area contributed by atoms with Gasteiger partial charge in [0.15, 0.2) is 0 Å². The van der Waals surface area contributed by atoms with Crippen molar-refractivity contribution < 1.29 is 42.8 Å². The van der Waals surface area contributed by atoms with Gasteiger partial charge in [-0.2, -0.15) is 0 Å². The predicted octanol–water partition coefficient (Wildman–Crippen LogP) is 4.44. The molecule has 0 aliphatic rings. The Kier molecular flexibility index (Phi) is 16.3. The van der Waals surface area contributed by atoms with Crippen molar-refractivity contribution in [2.75, 3.05) is 55.6 Å². The highest BCUT2D eigenvalue weighted by atomic mass is 16.6. The molecule has 3 N–H and O–H groups in total. The molecule has 0 spiro atoms. The molecule has 0 atom stereocenters. The van der Waals surface area contributed by atoms with E-state index in [0.29, 0.717) is 33.8 Å². The van der Waals surface area contributed by atoms with Crippen molar-refractivity contribution in [3.05, 3.63) is 159 Å². The third-order valence-electron chi connectivity index (χ3n) is 7.67. The average molecular weight is 787 g/mol. The Morgan fingerprint density at radius 1 is 0.439 bits per heavy atom. The Labute approximate surface area is 326 Å². The second-order valence-electron chi connectivity index (χ2n) is 11.6. The molecule has 3 aromatic carbocycles. The maximum absolute atomic E-state index is 13.9. The van der Waals surface area contributed by atoms with E-state index < -0.39 is 35.3 Å². The van der Waals surface area contributed by atoms with Gasteiger partial charge in [-0.3, -0.25) is 16.0 Å². The summed E-state index contributed by atoms with van der Waals surface area (Å²) in [5.41, 5.74) is 0.133. The van der Waals surface area contributed by atoms with E-state index in [1.54, 1.807) is 72.8 Å². The normalized spacial score (nSPS) is 10.3. The van der Waals surface area contributed by atoms with Crippen molar-refractivity contribution in [3.63, 3.8) is 0 Å². The van der Waals surface area contributed by atoms with Crippen LogP contribution in [0, 0.1) is 0 Å². The molecule has 0 aliphatic carbocycles. The Morgan fingerprint density at radius 2 is 0.684 bits per heavy atom. The highest BCUT2D eigenvalue weighted by molar-refractivity contribution is 5.85. The van der Waals surface area contributed by atoms with Crippen LogP contribution in [0.4, 0.5) is 31.4 Å². The molecular formula is C39H42N6O12. The van der Waals surface area contributed by atoms with Gasteiger partial charge < -0.3 is 28.4 Å². The number of anilines is 3. The lowest BCUT2D eigenvalue weighted by Gasteiger charge is -2.15. The minimum atomic E-state index is -0.863. The molecule has 0 radical (unpaired) electrons. The van der Waals surface area contributed by atoms with E-state index in [9.17, 15) is 28.8 Å². The van der Waals surface area contributed by atoms with Crippen LogP contribution >= 0.6 is 0 Å². The Morgan fingerprint density at radius 3 is 0.912 bits per heavy atom. The molecule has 0 bridgehead atoms. The van der Waals surface area contributed by atoms with Crippen LogP contribution in [-0.2, 0) is 48.1 Å².